The Morgan fingerprint density at radius 2 is 2.19 bits per heavy atom. The summed E-state index contributed by atoms with van der Waals surface area (Å²) in [5.41, 5.74) is 0. The van der Waals surface area contributed by atoms with E-state index in [1.165, 1.54) is 0 Å². The molecule has 0 aliphatic carbocycles. The van der Waals surface area contributed by atoms with Crippen LogP contribution in [0.3, 0.4) is 0 Å². The first-order valence-electron chi connectivity index (χ1n) is 7.19. The summed E-state index contributed by atoms with van der Waals surface area (Å²) in [6.07, 6.45) is 4.57. The minimum atomic E-state index is -0.244. The second kappa shape index (κ2) is 7.61. The summed E-state index contributed by atoms with van der Waals surface area (Å²) in [5, 5.41) is 0. The van der Waals surface area contributed by atoms with Crippen molar-refractivity contribution in [3.63, 3.8) is 0 Å². The van der Waals surface area contributed by atoms with E-state index in [9.17, 15) is 9.59 Å². The van der Waals surface area contributed by atoms with E-state index in [1.807, 2.05) is 12.1 Å². The fraction of sp³-hybridized carbons (Fsp3) is 0.533. The van der Waals surface area contributed by atoms with Crippen molar-refractivity contribution in [1.82, 2.24) is 9.88 Å². The van der Waals surface area contributed by atoms with Crippen molar-refractivity contribution in [3.05, 3.63) is 24.5 Å². The Labute approximate surface area is 124 Å². The first kappa shape index (κ1) is 15.3. The Bertz CT molecular complexity index is 472. The number of likely N-dealkylation sites (tertiary alicyclic amines) is 1. The molecule has 0 unspecified atom stereocenters. The number of esters is 1. The lowest BCUT2D eigenvalue weighted by molar-refractivity contribution is -0.144. The van der Waals surface area contributed by atoms with Gasteiger partial charge in [0.05, 0.1) is 25.9 Å². The molecule has 0 bridgehead atoms. The summed E-state index contributed by atoms with van der Waals surface area (Å²) in [4.78, 5) is 28.7. The molecule has 2 heterocycles. The molecule has 1 saturated heterocycles. The zero-order chi connectivity index (χ0) is 15.1. The first-order valence-corrected chi connectivity index (χ1v) is 7.19. The molecule has 6 nitrogen and oxygen atoms in total. The van der Waals surface area contributed by atoms with Crippen LogP contribution in [0.1, 0.15) is 26.2 Å². The van der Waals surface area contributed by atoms with Crippen molar-refractivity contribution in [2.24, 2.45) is 0 Å². The highest BCUT2D eigenvalue weighted by Crippen LogP contribution is 2.18. The third kappa shape index (κ3) is 4.73. The number of pyridine rings is 1. The third-order valence-electron chi connectivity index (χ3n) is 3.21. The lowest BCUT2D eigenvalue weighted by Gasteiger charge is -2.39. The van der Waals surface area contributed by atoms with E-state index in [2.05, 4.69) is 4.98 Å². The van der Waals surface area contributed by atoms with Gasteiger partial charge in [0, 0.05) is 19.0 Å². The number of hydrogen-bond acceptors (Lipinski definition) is 5. The summed E-state index contributed by atoms with van der Waals surface area (Å²) in [7, 11) is 0. The highest BCUT2D eigenvalue weighted by molar-refractivity contribution is 5.78. The maximum atomic E-state index is 11.9. The minimum Gasteiger partial charge on any atom is -0.485 e. The first-order chi connectivity index (χ1) is 10.2. The summed E-state index contributed by atoms with van der Waals surface area (Å²) >= 11 is 0. The van der Waals surface area contributed by atoms with Crippen LogP contribution in [0, 0.1) is 0 Å². The van der Waals surface area contributed by atoms with Crippen molar-refractivity contribution in [2.75, 3.05) is 19.7 Å². The molecule has 0 atom stereocenters. The van der Waals surface area contributed by atoms with E-state index in [1.54, 1.807) is 24.2 Å². The lowest BCUT2D eigenvalue weighted by atomic mass is 10.1. The number of carbonyl (C=O) groups is 2. The average Bonchev–Trinajstić information content (AvgIpc) is 2.43. The molecule has 114 valence electrons. The number of aromatic nitrogens is 1. The van der Waals surface area contributed by atoms with Gasteiger partial charge in [-0.05, 0) is 25.5 Å². The molecule has 1 amide bonds. The topological polar surface area (TPSA) is 68.7 Å². The molecular formula is C15H20N2O4. The third-order valence-corrected chi connectivity index (χ3v) is 3.21. The number of hydrogen-bond donors (Lipinski definition) is 0. The van der Waals surface area contributed by atoms with Crippen molar-refractivity contribution < 1.29 is 19.1 Å². The molecule has 1 aliphatic heterocycles. The summed E-state index contributed by atoms with van der Waals surface area (Å²) < 4.78 is 10.5. The Hall–Kier alpha value is -2.11. The zero-order valence-electron chi connectivity index (χ0n) is 12.2. The molecule has 6 heteroatoms. The largest absolute Gasteiger partial charge is 0.485 e. The molecule has 0 N–H and O–H groups in total. The fourth-order valence-corrected chi connectivity index (χ4v) is 2.10. The van der Waals surface area contributed by atoms with E-state index in [0.717, 1.165) is 5.75 Å². The van der Waals surface area contributed by atoms with Crippen LogP contribution in [0.5, 0.6) is 5.75 Å². The van der Waals surface area contributed by atoms with Crippen molar-refractivity contribution in [2.45, 2.75) is 32.3 Å². The Kier molecular flexibility index (Phi) is 5.54. The van der Waals surface area contributed by atoms with Gasteiger partial charge in [-0.25, -0.2) is 0 Å². The van der Waals surface area contributed by atoms with Crippen LogP contribution in [0.2, 0.25) is 0 Å². The van der Waals surface area contributed by atoms with Gasteiger partial charge < -0.3 is 14.4 Å². The standard InChI is InChI=1S/C15H20N2O4/c1-2-20-15(19)7-3-6-14(18)17-10-13(11-17)21-12-5-4-8-16-9-12/h4-5,8-9,13H,2-3,6-7,10-11H2,1H3. The second-order valence-electron chi connectivity index (χ2n) is 4.89. The van der Waals surface area contributed by atoms with E-state index < -0.39 is 0 Å². The quantitative estimate of drug-likeness (QED) is 0.711. The van der Waals surface area contributed by atoms with Crippen molar-refractivity contribution >= 4 is 11.9 Å². The predicted octanol–water partition coefficient (Wildman–Crippen LogP) is 1.40. The number of carbonyl (C=O) groups excluding carboxylic acids is 2. The smallest absolute Gasteiger partial charge is 0.305 e. The van der Waals surface area contributed by atoms with Crippen LogP contribution in [-0.4, -0.2) is 47.6 Å². The van der Waals surface area contributed by atoms with Gasteiger partial charge in [-0.2, -0.15) is 0 Å². The molecule has 0 saturated carbocycles. The highest BCUT2D eigenvalue weighted by Gasteiger charge is 2.31. The lowest BCUT2D eigenvalue weighted by Crippen LogP contribution is -2.56. The highest BCUT2D eigenvalue weighted by atomic mass is 16.5. The Balaban J connectivity index is 1.60. The van der Waals surface area contributed by atoms with Gasteiger partial charge in [-0.1, -0.05) is 0 Å². The van der Waals surface area contributed by atoms with E-state index in [4.69, 9.17) is 9.47 Å². The van der Waals surface area contributed by atoms with Gasteiger partial charge in [0.2, 0.25) is 5.91 Å². The molecule has 1 fully saturated rings. The van der Waals surface area contributed by atoms with Gasteiger partial charge in [0.1, 0.15) is 11.9 Å². The molecular weight excluding hydrogens is 272 g/mol. The number of ether oxygens (including phenoxy) is 2. The Morgan fingerprint density at radius 1 is 1.38 bits per heavy atom. The van der Waals surface area contributed by atoms with E-state index in [0.29, 0.717) is 39.0 Å². The van der Waals surface area contributed by atoms with Gasteiger partial charge in [0.15, 0.2) is 0 Å². The molecule has 2 rings (SSSR count). The van der Waals surface area contributed by atoms with Gasteiger partial charge in [-0.15, -0.1) is 0 Å². The maximum Gasteiger partial charge on any atom is 0.305 e. The normalized spacial score (nSPS) is 14.4. The molecule has 0 aromatic carbocycles. The minimum absolute atomic E-state index is 0.0307. The summed E-state index contributed by atoms with van der Waals surface area (Å²) in [6, 6.07) is 3.66. The number of amides is 1. The van der Waals surface area contributed by atoms with Crippen molar-refractivity contribution in [3.8, 4) is 5.75 Å². The van der Waals surface area contributed by atoms with Crippen molar-refractivity contribution in [1.29, 1.82) is 0 Å². The predicted molar refractivity (Wildman–Crippen MR) is 75.7 cm³/mol. The molecule has 21 heavy (non-hydrogen) atoms. The van der Waals surface area contributed by atoms with Crippen LogP contribution >= 0.6 is 0 Å². The summed E-state index contributed by atoms with van der Waals surface area (Å²) in [6.45, 7) is 3.33. The molecule has 1 aromatic rings. The Morgan fingerprint density at radius 3 is 2.86 bits per heavy atom. The monoisotopic (exact) mass is 292 g/mol. The van der Waals surface area contributed by atoms with Crippen LogP contribution in [0.25, 0.3) is 0 Å². The molecule has 1 aromatic heterocycles. The zero-order valence-corrected chi connectivity index (χ0v) is 12.2. The van der Waals surface area contributed by atoms with E-state index >= 15 is 0 Å². The summed E-state index contributed by atoms with van der Waals surface area (Å²) in [5.74, 6) is 0.536. The second-order valence-corrected chi connectivity index (χ2v) is 4.89. The number of rotatable bonds is 7. The molecule has 0 radical (unpaired) electrons. The molecule has 1 aliphatic rings. The van der Waals surface area contributed by atoms with Crippen LogP contribution in [0.15, 0.2) is 24.5 Å². The average molecular weight is 292 g/mol. The maximum absolute atomic E-state index is 11.9. The number of nitrogens with zero attached hydrogens (tertiary/aromatic N) is 2. The fourth-order valence-electron chi connectivity index (χ4n) is 2.10. The van der Waals surface area contributed by atoms with Crippen LogP contribution in [0.4, 0.5) is 0 Å². The van der Waals surface area contributed by atoms with Gasteiger partial charge >= 0.3 is 5.97 Å². The van der Waals surface area contributed by atoms with Crippen LogP contribution in [-0.2, 0) is 14.3 Å². The van der Waals surface area contributed by atoms with Crippen LogP contribution < -0.4 is 4.74 Å². The molecule has 0 spiro atoms. The van der Waals surface area contributed by atoms with Gasteiger partial charge in [0.25, 0.3) is 0 Å². The van der Waals surface area contributed by atoms with E-state index in [-0.39, 0.29) is 18.0 Å². The van der Waals surface area contributed by atoms with Gasteiger partial charge in [-0.3, -0.25) is 14.6 Å². The SMILES string of the molecule is CCOC(=O)CCCC(=O)N1CC(Oc2cccnc2)C1.